The third kappa shape index (κ3) is 7.22. The maximum atomic E-state index is 12.1. The van der Waals surface area contributed by atoms with Gasteiger partial charge in [0.25, 0.3) is 17.3 Å². The normalized spacial score (nSPS) is 13.3. The van der Waals surface area contributed by atoms with Gasteiger partial charge in [0.2, 0.25) is 0 Å². The second kappa shape index (κ2) is 12.2. The van der Waals surface area contributed by atoms with Crippen molar-refractivity contribution in [3.05, 3.63) is 56.6 Å². The van der Waals surface area contributed by atoms with Crippen LogP contribution in [0.5, 0.6) is 23.0 Å². The summed E-state index contributed by atoms with van der Waals surface area (Å²) in [6, 6.07) is 7.70. The quantitative estimate of drug-likeness (QED) is 0.465. The lowest BCUT2D eigenvalue weighted by atomic mass is 9.99. The summed E-state index contributed by atoms with van der Waals surface area (Å²) < 4.78 is 15.2. The van der Waals surface area contributed by atoms with Crippen LogP contribution in [0.25, 0.3) is 0 Å². The lowest BCUT2D eigenvalue weighted by Crippen LogP contribution is -2.40. The van der Waals surface area contributed by atoms with Crippen LogP contribution in [-0.2, 0) is 4.79 Å². The highest BCUT2D eigenvalue weighted by Gasteiger charge is 2.21. The fourth-order valence-corrected chi connectivity index (χ4v) is 3.17. The number of benzene rings is 2. The van der Waals surface area contributed by atoms with E-state index in [1.165, 1.54) is 44.6 Å². The van der Waals surface area contributed by atoms with Gasteiger partial charge in [-0.15, -0.1) is 0 Å². The van der Waals surface area contributed by atoms with E-state index in [1.807, 2.05) is 0 Å². The van der Waals surface area contributed by atoms with E-state index < -0.39 is 9.85 Å². The Morgan fingerprint density at radius 3 is 2.00 bits per heavy atom. The van der Waals surface area contributed by atoms with Crippen molar-refractivity contribution in [2.45, 2.75) is 19.8 Å². The van der Waals surface area contributed by atoms with E-state index in [2.05, 4.69) is 6.92 Å². The van der Waals surface area contributed by atoms with E-state index in [0.717, 1.165) is 32.0 Å². The van der Waals surface area contributed by atoms with Crippen molar-refractivity contribution in [3.8, 4) is 23.0 Å². The van der Waals surface area contributed by atoms with Crippen LogP contribution in [0.4, 0.5) is 11.4 Å². The number of likely N-dealkylation sites (tertiary alicyclic amines) is 1. The number of hydrogen-bond donors (Lipinski definition) is 1. The van der Waals surface area contributed by atoms with Crippen molar-refractivity contribution in [2.24, 2.45) is 5.92 Å². The van der Waals surface area contributed by atoms with Gasteiger partial charge in [-0.25, -0.2) is 0 Å². The van der Waals surface area contributed by atoms with Crippen molar-refractivity contribution in [2.75, 3.05) is 33.9 Å². The van der Waals surface area contributed by atoms with Crippen LogP contribution >= 0.6 is 0 Å². The first-order valence-electron chi connectivity index (χ1n) is 10.4. The van der Waals surface area contributed by atoms with Crippen molar-refractivity contribution in [1.29, 1.82) is 0 Å². The maximum Gasteiger partial charge on any atom is 0.273 e. The number of amides is 1. The highest BCUT2D eigenvalue weighted by atomic mass is 16.6. The molecule has 2 aromatic carbocycles. The molecule has 34 heavy (non-hydrogen) atoms. The number of carbonyl (C=O) groups excluding carboxylic acids is 1. The molecule has 0 aliphatic carbocycles. The lowest BCUT2D eigenvalue weighted by molar-refractivity contribution is -0.385. The Morgan fingerprint density at radius 1 is 0.971 bits per heavy atom. The fraction of sp³-hybridized carbons (Fsp3) is 0.409. The Labute approximate surface area is 196 Å². The number of carbonyl (C=O) groups is 1. The zero-order valence-electron chi connectivity index (χ0n) is 19.1. The summed E-state index contributed by atoms with van der Waals surface area (Å²) in [7, 11) is 2.82. The standard InChI is InChI=1S/C15H20N2O5.C7H7NO4/c1-11-5-7-16(8-6-11)15(18)10-22-14-9-12(17(19)20)3-4-13(14)21-2;1-12-7-3-2-5(8(10)11)4-6(7)9/h3-4,9,11H,5-8,10H2,1-2H3;2-4,9H,1H3. The molecule has 2 aromatic rings. The summed E-state index contributed by atoms with van der Waals surface area (Å²) in [4.78, 5) is 33.8. The van der Waals surface area contributed by atoms with Gasteiger partial charge in [0.15, 0.2) is 29.6 Å². The zero-order chi connectivity index (χ0) is 25.3. The van der Waals surface area contributed by atoms with Gasteiger partial charge in [0, 0.05) is 25.2 Å². The molecule has 1 saturated heterocycles. The van der Waals surface area contributed by atoms with Crippen molar-refractivity contribution in [1.82, 2.24) is 4.90 Å². The molecule has 1 aliphatic rings. The molecule has 0 unspecified atom stereocenters. The van der Waals surface area contributed by atoms with Crippen LogP contribution in [0.15, 0.2) is 36.4 Å². The van der Waals surface area contributed by atoms with Gasteiger partial charge in [0.1, 0.15) is 0 Å². The zero-order valence-corrected chi connectivity index (χ0v) is 19.1. The van der Waals surface area contributed by atoms with Crippen LogP contribution in [0.1, 0.15) is 19.8 Å². The maximum absolute atomic E-state index is 12.1. The molecule has 1 amide bonds. The smallest absolute Gasteiger partial charge is 0.273 e. The SMILES string of the molecule is COc1ccc([N+](=O)[O-])cc1O.COc1ccc([N+](=O)[O-])cc1OCC(=O)N1CCC(C)CC1. The van der Waals surface area contributed by atoms with Crippen LogP contribution in [0.2, 0.25) is 0 Å². The Hall–Kier alpha value is -4.09. The molecule has 12 nitrogen and oxygen atoms in total. The predicted octanol–water partition coefficient (Wildman–Crippen LogP) is 3.55. The first kappa shape index (κ1) is 26.2. The van der Waals surface area contributed by atoms with E-state index in [0.29, 0.717) is 11.7 Å². The summed E-state index contributed by atoms with van der Waals surface area (Å²) in [5.74, 6) is 1.09. The highest BCUT2D eigenvalue weighted by Crippen LogP contribution is 2.31. The monoisotopic (exact) mass is 477 g/mol. The summed E-state index contributed by atoms with van der Waals surface area (Å²) in [6.07, 6.45) is 1.98. The molecule has 0 spiro atoms. The molecule has 1 N–H and O–H groups in total. The molecular weight excluding hydrogens is 450 g/mol. The van der Waals surface area contributed by atoms with Gasteiger partial charge in [-0.3, -0.25) is 25.0 Å². The Kier molecular flexibility index (Phi) is 9.41. The molecule has 3 rings (SSSR count). The fourth-order valence-electron chi connectivity index (χ4n) is 3.17. The third-order valence-corrected chi connectivity index (χ3v) is 5.22. The third-order valence-electron chi connectivity index (χ3n) is 5.22. The van der Waals surface area contributed by atoms with Gasteiger partial charge in [-0.05, 0) is 30.9 Å². The Balaban J connectivity index is 0.000000287. The van der Waals surface area contributed by atoms with Crippen LogP contribution in [-0.4, -0.2) is 59.7 Å². The van der Waals surface area contributed by atoms with E-state index in [9.17, 15) is 25.0 Å². The number of rotatable bonds is 7. The number of aromatic hydroxyl groups is 1. The van der Waals surface area contributed by atoms with E-state index in [1.54, 1.807) is 4.90 Å². The Morgan fingerprint density at radius 2 is 1.50 bits per heavy atom. The summed E-state index contributed by atoms with van der Waals surface area (Å²) >= 11 is 0. The molecule has 1 heterocycles. The Bertz CT molecular complexity index is 1020. The van der Waals surface area contributed by atoms with Gasteiger partial charge in [-0.1, -0.05) is 6.92 Å². The van der Waals surface area contributed by atoms with Crippen molar-refractivity contribution < 1.29 is 34.0 Å². The van der Waals surface area contributed by atoms with Gasteiger partial charge >= 0.3 is 0 Å². The highest BCUT2D eigenvalue weighted by molar-refractivity contribution is 5.78. The molecule has 1 fully saturated rings. The molecule has 12 heteroatoms. The second-order valence-electron chi connectivity index (χ2n) is 7.56. The minimum absolute atomic E-state index is 0.102. The van der Waals surface area contributed by atoms with E-state index in [-0.39, 0.29) is 41.1 Å². The number of ether oxygens (including phenoxy) is 3. The number of nitro benzene ring substituents is 2. The molecule has 0 radical (unpaired) electrons. The van der Waals surface area contributed by atoms with Gasteiger partial charge in [-0.2, -0.15) is 0 Å². The van der Waals surface area contributed by atoms with Crippen LogP contribution < -0.4 is 14.2 Å². The average Bonchev–Trinajstić information content (AvgIpc) is 2.83. The molecule has 184 valence electrons. The number of hydrogen-bond acceptors (Lipinski definition) is 9. The van der Waals surface area contributed by atoms with Gasteiger partial charge in [0.05, 0.1) is 36.2 Å². The van der Waals surface area contributed by atoms with E-state index >= 15 is 0 Å². The summed E-state index contributed by atoms with van der Waals surface area (Å²) in [6.45, 7) is 3.49. The number of nitrogens with zero attached hydrogens (tertiary/aromatic N) is 3. The molecular formula is C22H27N3O9. The number of non-ortho nitro benzene ring substituents is 2. The lowest BCUT2D eigenvalue weighted by Gasteiger charge is -2.30. The molecule has 0 aromatic heterocycles. The first-order valence-corrected chi connectivity index (χ1v) is 10.4. The van der Waals surface area contributed by atoms with Crippen LogP contribution in [0.3, 0.4) is 0 Å². The first-order chi connectivity index (χ1) is 16.2. The summed E-state index contributed by atoms with van der Waals surface area (Å²) in [5, 5.41) is 30.1. The summed E-state index contributed by atoms with van der Waals surface area (Å²) in [5.41, 5.74) is -0.261. The topological polar surface area (TPSA) is 155 Å². The molecule has 0 atom stereocenters. The number of piperidine rings is 1. The average molecular weight is 477 g/mol. The number of methoxy groups -OCH3 is 2. The number of phenolic OH excluding ortho intramolecular Hbond substituents is 1. The number of phenols is 1. The molecule has 0 bridgehead atoms. The van der Waals surface area contributed by atoms with E-state index in [4.69, 9.17) is 19.3 Å². The number of nitro groups is 2. The van der Waals surface area contributed by atoms with Gasteiger partial charge < -0.3 is 24.2 Å². The molecule has 1 aliphatic heterocycles. The largest absolute Gasteiger partial charge is 0.504 e. The molecule has 0 saturated carbocycles. The predicted molar refractivity (Wildman–Crippen MR) is 121 cm³/mol. The minimum atomic E-state index is -0.584. The van der Waals surface area contributed by atoms with Crippen molar-refractivity contribution in [3.63, 3.8) is 0 Å². The second-order valence-corrected chi connectivity index (χ2v) is 7.56. The minimum Gasteiger partial charge on any atom is -0.504 e. The van der Waals surface area contributed by atoms with Crippen molar-refractivity contribution >= 4 is 17.3 Å². The van der Waals surface area contributed by atoms with Crippen LogP contribution in [0, 0.1) is 26.1 Å².